The molecule has 2 fully saturated rings. The van der Waals surface area contributed by atoms with Crippen molar-refractivity contribution >= 4 is 36.8 Å². The third-order valence-corrected chi connectivity index (χ3v) is 6.93. The Bertz CT molecular complexity index is 880. The van der Waals surface area contributed by atoms with Crippen molar-refractivity contribution in [2.75, 3.05) is 24.7 Å². The van der Waals surface area contributed by atoms with E-state index in [1.807, 2.05) is 10.6 Å². The van der Waals surface area contributed by atoms with Crippen LogP contribution in [-0.2, 0) is 0 Å². The van der Waals surface area contributed by atoms with Gasteiger partial charge in [0.2, 0.25) is 5.95 Å². The summed E-state index contributed by atoms with van der Waals surface area (Å²) in [5.41, 5.74) is 0.214. The van der Waals surface area contributed by atoms with E-state index in [0.717, 1.165) is 50.6 Å². The van der Waals surface area contributed by atoms with Crippen LogP contribution in [0.15, 0.2) is 23.1 Å². The Morgan fingerprint density at radius 3 is 2.74 bits per heavy atom. The third-order valence-electron chi connectivity index (χ3n) is 6.05. The zero-order chi connectivity index (χ0) is 19.0. The largest absolute Gasteiger partial charge is 0.357 e. The van der Waals surface area contributed by atoms with E-state index in [4.69, 9.17) is 12.8 Å². The van der Waals surface area contributed by atoms with Gasteiger partial charge < -0.3 is 5.32 Å². The first-order chi connectivity index (χ1) is 13.0. The molecule has 1 saturated heterocycles. The average Bonchev–Trinajstić information content (AvgIpc) is 3.07. The summed E-state index contributed by atoms with van der Waals surface area (Å²) in [5, 5.41) is 4.24. The summed E-state index contributed by atoms with van der Waals surface area (Å²) in [6.45, 7) is 4.09. The lowest BCUT2D eigenvalue weighted by Gasteiger charge is -2.39. The van der Waals surface area contributed by atoms with Gasteiger partial charge in [0.15, 0.2) is 0 Å². The smallest absolute Gasteiger partial charge is 0.252 e. The van der Waals surface area contributed by atoms with E-state index >= 15 is 0 Å². The Labute approximate surface area is 165 Å². The van der Waals surface area contributed by atoms with Crippen LogP contribution in [0, 0.1) is 5.92 Å². The second-order valence-electron chi connectivity index (χ2n) is 7.88. The maximum Gasteiger partial charge on any atom is 0.252 e. The Morgan fingerprint density at radius 2 is 2.07 bits per heavy atom. The van der Waals surface area contributed by atoms with E-state index in [1.165, 1.54) is 0 Å². The third kappa shape index (κ3) is 3.74. The van der Waals surface area contributed by atoms with Crippen LogP contribution in [0.4, 0.5) is 5.95 Å². The van der Waals surface area contributed by atoms with E-state index in [1.54, 1.807) is 24.2 Å². The Hall–Kier alpha value is -1.54. The summed E-state index contributed by atoms with van der Waals surface area (Å²) < 4.78 is 4.19. The van der Waals surface area contributed by atoms with Crippen LogP contribution >= 0.6 is 11.9 Å². The average molecular weight is 383 g/mol. The van der Waals surface area contributed by atoms with E-state index in [2.05, 4.69) is 27.8 Å². The van der Waals surface area contributed by atoms with Crippen LogP contribution in [0.2, 0.25) is 0 Å². The molecule has 2 aliphatic rings. The summed E-state index contributed by atoms with van der Waals surface area (Å²) in [6, 6.07) is 3.65. The summed E-state index contributed by atoms with van der Waals surface area (Å²) in [4.78, 5) is 21.8. The summed E-state index contributed by atoms with van der Waals surface area (Å²) >= 11 is 1.75. The molecule has 2 aromatic rings. The van der Waals surface area contributed by atoms with Gasteiger partial charge in [0, 0.05) is 42.2 Å². The normalized spacial score (nSPS) is 25.7. The highest BCUT2D eigenvalue weighted by Crippen LogP contribution is 2.35. The molecule has 27 heavy (non-hydrogen) atoms. The quantitative estimate of drug-likeness (QED) is 0.647. The Balaban J connectivity index is 1.66. The first-order valence-electron chi connectivity index (χ1n) is 9.73. The number of rotatable bonds is 4. The van der Waals surface area contributed by atoms with Crippen LogP contribution in [-0.4, -0.2) is 51.5 Å². The fourth-order valence-electron chi connectivity index (χ4n) is 4.34. The van der Waals surface area contributed by atoms with Gasteiger partial charge in [0.1, 0.15) is 13.5 Å². The predicted octanol–water partition coefficient (Wildman–Crippen LogP) is 2.80. The second-order valence-corrected chi connectivity index (χ2v) is 8.76. The molecule has 4 rings (SSSR count). The first-order valence-corrected chi connectivity index (χ1v) is 10.9. The Morgan fingerprint density at radius 1 is 1.30 bits per heavy atom. The molecule has 3 heterocycles. The molecule has 1 N–H and O–H groups in total. The molecule has 0 amide bonds. The molecule has 6 nitrogen and oxygen atoms in total. The van der Waals surface area contributed by atoms with Gasteiger partial charge in [0.05, 0.1) is 0 Å². The number of nitrogens with zero attached hydrogens (tertiary/aromatic N) is 4. The molecule has 8 heteroatoms. The Kier molecular flexibility index (Phi) is 5.20. The fourth-order valence-corrected chi connectivity index (χ4v) is 4.89. The standard InChI is InChI=1S/C19H26BN5OS/c1-13-4-3-5-15(13)25-16(26)7-6-14-12-21-18(22-17(14)25)23-19(20)8-10-24(27-2)11-9-19/h6-7,12-13,15H,3-5,8-11H2,1-2H3,(H,21,22,23). The monoisotopic (exact) mass is 383 g/mol. The lowest BCUT2D eigenvalue weighted by molar-refractivity contribution is 0.333. The van der Waals surface area contributed by atoms with E-state index in [0.29, 0.717) is 17.5 Å². The van der Waals surface area contributed by atoms with Gasteiger partial charge in [0.25, 0.3) is 5.56 Å². The molecule has 0 bridgehead atoms. The van der Waals surface area contributed by atoms with Gasteiger partial charge in [-0.1, -0.05) is 25.3 Å². The topological polar surface area (TPSA) is 63.1 Å². The number of aromatic nitrogens is 3. The van der Waals surface area contributed by atoms with Crippen LogP contribution in [0.3, 0.4) is 0 Å². The highest BCUT2D eigenvalue weighted by atomic mass is 32.2. The van der Waals surface area contributed by atoms with E-state index in [-0.39, 0.29) is 11.6 Å². The van der Waals surface area contributed by atoms with Crippen molar-refractivity contribution in [3.8, 4) is 0 Å². The minimum absolute atomic E-state index is 0.0154. The lowest BCUT2D eigenvalue weighted by atomic mass is 9.71. The van der Waals surface area contributed by atoms with Crippen molar-refractivity contribution in [3.63, 3.8) is 0 Å². The molecule has 1 saturated carbocycles. The van der Waals surface area contributed by atoms with Gasteiger partial charge in [-0.2, -0.15) is 4.98 Å². The molecule has 0 aromatic carbocycles. The molecule has 0 spiro atoms. The highest BCUT2D eigenvalue weighted by molar-refractivity contribution is 7.96. The van der Waals surface area contributed by atoms with Gasteiger partial charge in [-0.15, -0.1) is 0 Å². The van der Waals surface area contributed by atoms with E-state index in [9.17, 15) is 4.79 Å². The van der Waals surface area contributed by atoms with Crippen molar-refractivity contribution in [3.05, 3.63) is 28.7 Å². The second kappa shape index (κ2) is 7.47. The first kappa shape index (κ1) is 18.8. The number of anilines is 1. The van der Waals surface area contributed by atoms with Crippen molar-refractivity contribution in [1.82, 2.24) is 18.8 Å². The highest BCUT2D eigenvalue weighted by Gasteiger charge is 2.31. The number of hydrogen-bond acceptors (Lipinski definition) is 6. The number of nitrogens with one attached hydrogen (secondary N) is 1. The minimum atomic E-state index is -0.513. The fraction of sp³-hybridized carbons (Fsp3) is 0.632. The molecule has 2 atom stereocenters. The molecular formula is C19H26BN5OS. The summed E-state index contributed by atoms with van der Waals surface area (Å²) in [5.74, 6) is 0.990. The van der Waals surface area contributed by atoms with Gasteiger partial charge in [-0.3, -0.25) is 13.7 Å². The van der Waals surface area contributed by atoms with Gasteiger partial charge in [-0.25, -0.2) is 4.98 Å². The van der Waals surface area contributed by atoms with Crippen LogP contribution < -0.4 is 10.9 Å². The van der Waals surface area contributed by atoms with Crippen molar-refractivity contribution in [2.45, 2.75) is 50.5 Å². The predicted molar refractivity (Wildman–Crippen MR) is 112 cm³/mol. The van der Waals surface area contributed by atoms with Gasteiger partial charge in [-0.05, 0) is 43.9 Å². The number of fused-ring (bicyclic) bond motifs is 1. The van der Waals surface area contributed by atoms with E-state index < -0.39 is 5.44 Å². The number of piperidine rings is 1. The maximum absolute atomic E-state index is 12.6. The van der Waals surface area contributed by atoms with Crippen LogP contribution in [0.5, 0.6) is 0 Å². The lowest BCUT2D eigenvalue weighted by Crippen LogP contribution is -2.48. The van der Waals surface area contributed by atoms with Crippen molar-refractivity contribution < 1.29 is 0 Å². The van der Waals surface area contributed by atoms with Crippen molar-refractivity contribution in [2.24, 2.45) is 5.92 Å². The van der Waals surface area contributed by atoms with Gasteiger partial charge >= 0.3 is 0 Å². The molecule has 1 aliphatic carbocycles. The molecule has 142 valence electrons. The summed E-state index contributed by atoms with van der Waals surface area (Å²) in [7, 11) is 6.57. The molecular weight excluding hydrogens is 357 g/mol. The molecule has 1 aliphatic heterocycles. The maximum atomic E-state index is 12.6. The zero-order valence-electron chi connectivity index (χ0n) is 16.0. The molecule has 2 aromatic heterocycles. The summed E-state index contributed by atoms with van der Waals surface area (Å²) in [6.07, 6.45) is 8.88. The molecule has 2 radical (unpaired) electrons. The van der Waals surface area contributed by atoms with Crippen molar-refractivity contribution in [1.29, 1.82) is 0 Å². The van der Waals surface area contributed by atoms with Crippen LogP contribution in [0.25, 0.3) is 11.0 Å². The van der Waals surface area contributed by atoms with Crippen LogP contribution in [0.1, 0.15) is 45.1 Å². The molecule has 2 unspecified atom stereocenters. The number of pyridine rings is 1. The number of hydrogen-bond donors (Lipinski definition) is 1. The minimum Gasteiger partial charge on any atom is -0.357 e. The SMILES string of the molecule is [B]C1(Nc2ncc3ccc(=O)n(C4CCCC4C)c3n2)CCN(SC)CC1. The zero-order valence-corrected chi connectivity index (χ0v) is 16.8.